The van der Waals surface area contributed by atoms with E-state index in [0.717, 1.165) is 16.6 Å². The van der Waals surface area contributed by atoms with Crippen LogP contribution in [0.25, 0.3) is 10.8 Å². The van der Waals surface area contributed by atoms with Crippen LogP contribution in [0.4, 0.5) is 15.9 Å². The summed E-state index contributed by atoms with van der Waals surface area (Å²) in [7, 11) is 0. The Morgan fingerprint density at radius 3 is 2.35 bits per heavy atom. The zero-order valence-corrected chi connectivity index (χ0v) is 14.2. The third-order valence-electron chi connectivity index (χ3n) is 4.78. The molecule has 1 aliphatic heterocycles. The normalized spacial score (nSPS) is 14.7. The van der Waals surface area contributed by atoms with Crippen molar-refractivity contribution < 1.29 is 9.18 Å². The topological polar surface area (TPSA) is 62.5 Å². The van der Waals surface area contributed by atoms with Crippen molar-refractivity contribution in [3.05, 3.63) is 66.1 Å². The standard InChI is InChI=1S/C20H19FN4O/c21-17-8-4-3-7-16(17)20(26)25-11-9-24(10-12-25)19-15-6-2-1-5-14(15)18(22)13-23-19/h1-8,13H,9-12,22H2. The summed E-state index contributed by atoms with van der Waals surface area (Å²) in [5.74, 6) is 0.122. The number of carbonyl (C=O) groups excluding carboxylic acids is 1. The number of halogens is 1. The molecular weight excluding hydrogens is 331 g/mol. The molecule has 3 aromatic rings. The lowest BCUT2D eigenvalue weighted by molar-refractivity contribution is 0.0742. The summed E-state index contributed by atoms with van der Waals surface area (Å²) in [4.78, 5) is 20.9. The fourth-order valence-corrected chi connectivity index (χ4v) is 3.38. The highest BCUT2D eigenvalue weighted by Crippen LogP contribution is 2.29. The third-order valence-corrected chi connectivity index (χ3v) is 4.78. The van der Waals surface area contributed by atoms with Gasteiger partial charge in [0.1, 0.15) is 11.6 Å². The minimum absolute atomic E-state index is 0.122. The molecule has 5 nitrogen and oxygen atoms in total. The zero-order chi connectivity index (χ0) is 18.1. The summed E-state index contributed by atoms with van der Waals surface area (Å²) in [5.41, 5.74) is 6.80. The van der Waals surface area contributed by atoms with Crippen LogP contribution in [0.2, 0.25) is 0 Å². The first-order chi connectivity index (χ1) is 12.6. The number of hydrogen-bond donors (Lipinski definition) is 1. The molecule has 0 aliphatic carbocycles. The van der Waals surface area contributed by atoms with Gasteiger partial charge >= 0.3 is 0 Å². The van der Waals surface area contributed by atoms with Crippen LogP contribution in [0, 0.1) is 5.82 Å². The Morgan fingerprint density at radius 1 is 0.962 bits per heavy atom. The predicted octanol–water partition coefficient (Wildman–Crippen LogP) is 2.92. The van der Waals surface area contributed by atoms with Gasteiger partial charge in [-0.3, -0.25) is 4.79 Å². The highest BCUT2D eigenvalue weighted by atomic mass is 19.1. The Labute approximate surface area is 150 Å². The van der Waals surface area contributed by atoms with Gasteiger partial charge in [0.05, 0.1) is 17.4 Å². The van der Waals surface area contributed by atoms with E-state index < -0.39 is 5.82 Å². The number of aromatic nitrogens is 1. The molecule has 0 spiro atoms. The van der Waals surface area contributed by atoms with Crippen LogP contribution in [-0.4, -0.2) is 42.0 Å². The van der Waals surface area contributed by atoms with Gasteiger partial charge in [0.25, 0.3) is 5.91 Å². The van der Waals surface area contributed by atoms with E-state index >= 15 is 0 Å². The van der Waals surface area contributed by atoms with Crippen LogP contribution in [0.5, 0.6) is 0 Å². The van der Waals surface area contributed by atoms with E-state index in [4.69, 9.17) is 5.73 Å². The molecule has 4 rings (SSSR count). The number of hydrogen-bond acceptors (Lipinski definition) is 4. The molecule has 2 N–H and O–H groups in total. The summed E-state index contributed by atoms with van der Waals surface area (Å²) in [6.45, 7) is 2.32. The molecule has 132 valence electrons. The molecule has 6 heteroatoms. The molecule has 1 amide bonds. The largest absolute Gasteiger partial charge is 0.397 e. The van der Waals surface area contributed by atoms with Gasteiger partial charge in [-0.15, -0.1) is 0 Å². The second kappa shape index (κ2) is 6.63. The first kappa shape index (κ1) is 16.3. The minimum Gasteiger partial charge on any atom is -0.397 e. The number of piperazine rings is 1. The Bertz CT molecular complexity index is 967. The van der Waals surface area contributed by atoms with Crippen molar-refractivity contribution in [2.24, 2.45) is 0 Å². The molecule has 2 heterocycles. The minimum atomic E-state index is -0.480. The van der Waals surface area contributed by atoms with E-state index in [1.807, 2.05) is 24.3 Å². The number of fused-ring (bicyclic) bond motifs is 1. The predicted molar refractivity (Wildman–Crippen MR) is 101 cm³/mol. The molecule has 0 saturated carbocycles. The Hall–Kier alpha value is -3.15. The summed E-state index contributed by atoms with van der Waals surface area (Å²) in [6.07, 6.45) is 1.68. The lowest BCUT2D eigenvalue weighted by atomic mass is 10.1. The summed E-state index contributed by atoms with van der Waals surface area (Å²) in [5, 5.41) is 1.98. The van der Waals surface area contributed by atoms with Crippen LogP contribution in [0.15, 0.2) is 54.7 Å². The summed E-state index contributed by atoms with van der Waals surface area (Å²) < 4.78 is 13.9. The van der Waals surface area contributed by atoms with E-state index in [9.17, 15) is 9.18 Å². The van der Waals surface area contributed by atoms with Crippen LogP contribution in [-0.2, 0) is 0 Å². The van der Waals surface area contributed by atoms with Gasteiger partial charge in [-0.2, -0.15) is 0 Å². The lowest BCUT2D eigenvalue weighted by Gasteiger charge is -2.36. The van der Waals surface area contributed by atoms with E-state index in [1.165, 1.54) is 12.1 Å². The molecule has 0 radical (unpaired) electrons. The molecular formula is C20H19FN4O. The van der Waals surface area contributed by atoms with Gasteiger partial charge in [-0.25, -0.2) is 9.37 Å². The number of benzene rings is 2. The van der Waals surface area contributed by atoms with Crippen molar-refractivity contribution >= 4 is 28.2 Å². The van der Waals surface area contributed by atoms with Crippen molar-refractivity contribution in [1.29, 1.82) is 0 Å². The van der Waals surface area contributed by atoms with Gasteiger partial charge < -0.3 is 15.5 Å². The Kier molecular flexibility index (Phi) is 4.16. The zero-order valence-electron chi connectivity index (χ0n) is 14.2. The number of rotatable bonds is 2. The SMILES string of the molecule is Nc1cnc(N2CCN(C(=O)c3ccccc3F)CC2)c2ccccc12. The molecule has 1 aromatic heterocycles. The maximum Gasteiger partial charge on any atom is 0.256 e. The molecule has 0 unspecified atom stereocenters. The van der Waals surface area contributed by atoms with Crippen LogP contribution in [0.1, 0.15) is 10.4 Å². The average Bonchev–Trinajstić information content (AvgIpc) is 2.69. The molecule has 1 aliphatic rings. The molecule has 0 bridgehead atoms. The maximum absolute atomic E-state index is 13.9. The fraction of sp³-hybridized carbons (Fsp3) is 0.200. The highest BCUT2D eigenvalue weighted by molar-refractivity contribution is 5.99. The third kappa shape index (κ3) is 2.83. The van der Waals surface area contributed by atoms with E-state index in [2.05, 4.69) is 9.88 Å². The van der Waals surface area contributed by atoms with Crippen molar-refractivity contribution in [2.45, 2.75) is 0 Å². The quantitative estimate of drug-likeness (QED) is 0.772. The number of anilines is 2. The number of nitrogens with zero attached hydrogens (tertiary/aromatic N) is 3. The number of amides is 1. The number of carbonyl (C=O) groups is 1. The second-order valence-corrected chi connectivity index (χ2v) is 6.34. The lowest BCUT2D eigenvalue weighted by Crippen LogP contribution is -2.49. The van der Waals surface area contributed by atoms with Gasteiger partial charge in [0, 0.05) is 37.0 Å². The summed E-state index contributed by atoms with van der Waals surface area (Å²) >= 11 is 0. The molecule has 0 atom stereocenters. The molecule has 26 heavy (non-hydrogen) atoms. The molecule has 1 saturated heterocycles. The van der Waals surface area contributed by atoms with E-state index in [0.29, 0.717) is 31.9 Å². The van der Waals surface area contributed by atoms with Crippen molar-refractivity contribution in [3.63, 3.8) is 0 Å². The summed E-state index contributed by atoms with van der Waals surface area (Å²) in [6, 6.07) is 14.0. The van der Waals surface area contributed by atoms with Gasteiger partial charge in [-0.1, -0.05) is 36.4 Å². The molecule has 2 aromatic carbocycles. The van der Waals surface area contributed by atoms with Crippen LogP contribution >= 0.6 is 0 Å². The van der Waals surface area contributed by atoms with Crippen molar-refractivity contribution in [1.82, 2.24) is 9.88 Å². The van der Waals surface area contributed by atoms with Gasteiger partial charge in [0.2, 0.25) is 0 Å². The van der Waals surface area contributed by atoms with Gasteiger partial charge in [0.15, 0.2) is 0 Å². The first-order valence-electron chi connectivity index (χ1n) is 8.57. The van der Waals surface area contributed by atoms with E-state index in [1.54, 1.807) is 23.2 Å². The number of nitrogens with two attached hydrogens (primary N) is 1. The molecule has 1 fully saturated rings. The van der Waals surface area contributed by atoms with Crippen LogP contribution < -0.4 is 10.6 Å². The highest BCUT2D eigenvalue weighted by Gasteiger charge is 2.25. The maximum atomic E-state index is 13.9. The van der Waals surface area contributed by atoms with Crippen molar-refractivity contribution in [3.8, 4) is 0 Å². The van der Waals surface area contributed by atoms with Gasteiger partial charge in [-0.05, 0) is 12.1 Å². The Morgan fingerprint density at radius 2 is 1.62 bits per heavy atom. The monoisotopic (exact) mass is 350 g/mol. The second-order valence-electron chi connectivity index (χ2n) is 6.34. The Balaban J connectivity index is 1.54. The van der Waals surface area contributed by atoms with Crippen molar-refractivity contribution in [2.75, 3.05) is 36.8 Å². The fourth-order valence-electron chi connectivity index (χ4n) is 3.38. The smallest absolute Gasteiger partial charge is 0.256 e. The first-order valence-corrected chi connectivity index (χ1v) is 8.57. The number of pyridine rings is 1. The average molecular weight is 350 g/mol. The number of nitrogen functional groups attached to an aromatic ring is 1. The van der Waals surface area contributed by atoms with E-state index in [-0.39, 0.29) is 11.5 Å². The van der Waals surface area contributed by atoms with Crippen LogP contribution in [0.3, 0.4) is 0 Å².